The average Bonchev–Trinajstić information content (AvgIpc) is 3.28. The molecule has 10 heteroatoms. The Morgan fingerprint density at radius 2 is 2.11 bits per heavy atom. The third kappa shape index (κ3) is 6.97. The van der Waals surface area contributed by atoms with Crippen molar-refractivity contribution in [3.8, 4) is 5.88 Å². The molecule has 3 N–H and O–H groups in total. The standard InChI is InChI=1S/C27H36N6O4/c1-2-36-25(34)18-23(21-9-11-24(30-19-21)37-17-5-12-28)33-16-15-32(27(33)35)14-4-7-22-10-8-20-6-3-13-29-26(20)31-22/h8-11,15-16,19,23H,2-7,12-14,17-18,28H2,1H3,(H,29,31)/t23-/m0/s1. The van der Waals surface area contributed by atoms with Gasteiger partial charge in [0.05, 0.1) is 25.7 Å². The van der Waals surface area contributed by atoms with Gasteiger partial charge in [-0.2, -0.15) is 0 Å². The number of hydrogen-bond acceptors (Lipinski definition) is 8. The molecule has 0 unspecified atom stereocenters. The zero-order valence-electron chi connectivity index (χ0n) is 21.4. The number of imidazole rings is 1. The monoisotopic (exact) mass is 508 g/mol. The number of rotatable bonds is 13. The summed E-state index contributed by atoms with van der Waals surface area (Å²) in [5, 5.41) is 3.37. The molecule has 0 aromatic carbocycles. The maximum atomic E-state index is 13.3. The van der Waals surface area contributed by atoms with Crippen LogP contribution in [-0.4, -0.2) is 51.4 Å². The van der Waals surface area contributed by atoms with Crippen molar-refractivity contribution in [2.75, 3.05) is 31.6 Å². The first-order valence-electron chi connectivity index (χ1n) is 13.0. The molecule has 0 radical (unpaired) electrons. The molecule has 1 aliphatic rings. The Hall–Kier alpha value is -3.66. The summed E-state index contributed by atoms with van der Waals surface area (Å²) in [7, 11) is 0. The molecule has 3 aromatic rings. The highest BCUT2D eigenvalue weighted by Crippen LogP contribution is 2.23. The number of carbonyl (C=O) groups excluding carboxylic acids is 1. The van der Waals surface area contributed by atoms with Crippen LogP contribution in [0.3, 0.4) is 0 Å². The van der Waals surface area contributed by atoms with E-state index < -0.39 is 6.04 Å². The first-order chi connectivity index (χ1) is 18.1. The van der Waals surface area contributed by atoms with E-state index >= 15 is 0 Å². The molecule has 0 aliphatic carbocycles. The van der Waals surface area contributed by atoms with Gasteiger partial charge in [0.15, 0.2) is 0 Å². The Bertz CT molecular complexity index is 1220. The van der Waals surface area contributed by atoms with Crippen molar-refractivity contribution in [2.45, 2.75) is 58.0 Å². The van der Waals surface area contributed by atoms with Crippen molar-refractivity contribution in [3.63, 3.8) is 0 Å². The van der Waals surface area contributed by atoms with Crippen LogP contribution in [-0.2, 0) is 28.9 Å². The van der Waals surface area contributed by atoms with Crippen molar-refractivity contribution < 1.29 is 14.3 Å². The van der Waals surface area contributed by atoms with Gasteiger partial charge in [0.1, 0.15) is 5.82 Å². The Morgan fingerprint density at radius 1 is 1.22 bits per heavy atom. The minimum atomic E-state index is -0.535. The Kier molecular flexibility index (Phi) is 9.31. The second-order valence-electron chi connectivity index (χ2n) is 9.07. The Labute approximate surface area is 216 Å². The lowest BCUT2D eigenvalue weighted by Crippen LogP contribution is -2.29. The van der Waals surface area contributed by atoms with E-state index in [1.54, 1.807) is 40.7 Å². The predicted molar refractivity (Wildman–Crippen MR) is 141 cm³/mol. The number of hydrogen-bond donors (Lipinski definition) is 2. The maximum Gasteiger partial charge on any atom is 0.328 e. The second kappa shape index (κ2) is 13.0. The molecule has 37 heavy (non-hydrogen) atoms. The highest BCUT2D eigenvalue weighted by atomic mass is 16.5. The molecular weight excluding hydrogens is 472 g/mol. The van der Waals surface area contributed by atoms with E-state index in [1.165, 1.54) is 5.56 Å². The molecule has 0 saturated heterocycles. The van der Waals surface area contributed by atoms with Gasteiger partial charge in [0, 0.05) is 43.4 Å². The summed E-state index contributed by atoms with van der Waals surface area (Å²) in [5.74, 6) is 1.09. The molecule has 1 aliphatic heterocycles. The molecule has 198 valence electrons. The summed E-state index contributed by atoms with van der Waals surface area (Å²) < 4.78 is 14.0. The normalized spacial score (nSPS) is 13.5. The highest BCUT2D eigenvalue weighted by Gasteiger charge is 2.22. The lowest BCUT2D eigenvalue weighted by Gasteiger charge is -2.18. The van der Waals surface area contributed by atoms with Gasteiger partial charge < -0.3 is 20.5 Å². The van der Waals surface area contributed by atoms with Crippen LogP contribution in [0.25, 0.3) is 0 Å². The lowest BCUT2D eigenvalue weighted by molar-refractivity contribution is -0.143. The first kappa shape index (κ1) is 26.4. The molecule has 4 rings (SSSR count). The molecule has 1 atom stereocenters. The first-order valence-corrected chi connectivity index (χ1v) is 13.0. The summed E-state index contributed by atoms with van der Waals surface area (Å²) in [6, 6.07) is 7.26. The number of nitrogens with two attached hydrogens (primary N) is 1. The number of aryl methyl sites for hydroxylation is 3. The van der Waals surface area contributed by atoms with Crippen LogP contribution in [0.5, 0.6) is 5.88 Å². The summed E-state index contributed by atoms with van der Waals surface area (Å²) in [6.45, 7) is 4.57. The number of pyridine rings is 2. The van der Waals surface area contributed by atoms with Gasteiger partial charge in [-0.25, -0.2) is 14.8 Å². The van der Waals surface area contributed by atoms with Gasteiger partial charge in [-0.05, 0) is 62.8 Å². The lowest BCUT2D eigenvalue weighted by atomic mass is 10.1. The smallest absolute Gasteiger partial charge is 0.328 e. The van der Waals surface area contributed by atoms with Crippen molar-refractivity contribution in [1.82, 2.24) is 19.1 Å². The van der Waals surface area contributed by atoms with E-state index in [9.17, 15) is 9.59 Å². The maximum absolute atomic E-state index is 13.3. The fourth-order valence-electron chi connectivity index (χ4n) is 4.46. The number of fused-ring (bicyclic) bond motifs is 1. The van der Waals surface area contributed by atoms with Crippen molar-refractivity contribution in [1.29, 1.82) is 0 Å². The van der Waals surface area contributed by atoms with Gasteiger partial charge >= 0.3 is 11.7 Å². The number of nitrogens with zero attached hydrogens (tertiary/aromatic N) is 4. The van der Waals surface area contributed by atoms with Crippen LogP contribution in [0.4, 0.5) is 5.82 Å². The number of aromatic nitrogens is 4. The summed E-state index contributed by atoms with van der Waals surface area (Å²) in [5.41, 5.74) is 8.33. The van der Waals surface area contributed by atoms with Gasteiger partial charge in [-0.15, -0.1) is 0 Å². The second-order valence-corrected chi connectivity index (χ2v) is 9.07. The molecular formula is C27H36N6O4. The summed E-state index contributed by atoms with van der Waals surface area (Å²) in [4.78, 5) is 34.8. The SMILES string of the molecule is CCOC(=O)C[C@@H](c1ccc(OCCCN)nc1)n1ccn(CCCc2ccc3c(n2)NCCC3)c1=O. The number of anilines is 1. The molecule has 0 spiro atoms. The van der Waals surface area contributed by atoms with Crippen LogP contribution in [0.2, 0.25) is 0 Å². The van der Waals surface area contributed by atoms with Crippen LogP contribution < -0.4 is 21.5 Å². The predicted octanol–water partition coefficient (Wildman–Crippen LogP) is 2.70. The van der Waals surface area contributed by atoms with Gasteiger partial charge in [-0.1, -0.05) is 12.1 Å². The van der Waals surface area contributed by atoms with Crippen molar-refractivity contribution >= 4 is 11.8 Å². The van der Waals surface area contributed by atoms with E-state index in [1.807, 2.05) is 6.07 Å². The van der Waals surface area contributed by atoms with Gasteiger partial charge in [0.2, 0.25) is 5.88 Å². The van der Waals surface area contributed by atoms with Crippen LogP contribution in [0, 0.1) is 0 Å². The van der Waals surface area contributed by atoms with E-state index in [0.29, 0.717) is 25.6 Å². The quantitative estimate of drug-likeness (QED) is 0.267. The number of nitrogens with one attached hydrogen (secondary N) is 1. The van der Waals surface area contributed by atoms with E-state index in [-0.39, 0.29) is 24.7 Å². The minimum absolute atomic E-state index is 0.0266. The molecule has 0 amide bonds. The average molecular weight is 509 g/mol. The molecule has 0 saturated carbocycles. The fourth-order valence-corrected chi connectivity index (χ4v) is 4.46. The largest absolute Gasteiger partial charge is 0.478 e. The van der Waals surface area contributed by atoms with Gasteiger partial charge in [0.25, 0.3) is 0 Å². The molecule has 0 fully saturated rings. The third-order valence-electron chi connectivity index (χ3n) is 6.40. The van der Waals surface area contributed by atoms with Crippen LogP contribution in [0.1, 0.15) is 55.5 Å². The van der Waals surface area contributed by atoms with E-state index in [0.717, 1.165) is 55.7 Å². The Balaban J connectivity index is 1.45. The number of carbonyl (C=O) groups is 1. The zero-order chi connectivity index (χ0) is 26.0. The zero-order valence-corrected chi connectivity index (χ0v) is 21.4. The number of esters is 1. The Morgan fingerprint density at radius 3 is 2.89 bits per heavy atom. The molecule has 3 aromatic heterocycles. The van der Waals surface area contributed by atoms with Crippen molar-refractivity contribution in [3.05, 3.63) is 70.2 Å². The van der Waals surface area contributed by atoms with E-state index in [4.69, 9.17) is 20.2 Å². The fraction of sp³-hybridized carbons (Fsp3) is 0.481. The topological polar surface area (TPSA) is 126 Å². The molecule has 10 nitrogen and oxygen atoms in total. The molecule has 0 bridgehead atoms. The van der Waals surface area contributed by atoms with Crippen molar-refractivity contribution in [2.24, 2.45) is 5.73 Å². The highest BCUT2D eigenvalue weighted by molar-refractivity contribution is 5.70. The van der Waals surface area contributed by atoms with Crippen LogP contribution >= 0.6 is 0 Å². The summed E-state index contributed by atoms with van der Waals surface area (Å²) >= 11 is 0. The van der Waals surface area contributed by atoms with Crippen LogP contribution in [0.15, 0.2) is 47.7 Å². The molecule has 4 heterocycles. The number of ether oxygens (including phenoxy) is 2. The van der Waals surface area contributed by atoms with E-state index in [2.05, 4.69) is 22.4 Å². The third-order valence-corrected chi connectivity index (χ3v) is 6.40. The summed E-state index contributed by atoms with van der Waals surface area (Å²) in [6.07, 6.45) is 9.62. The minimum Gasteiger partial charge on any atom is -0.478 e. The van der Waals surface area contributed by atoms with Gasteiger partial charge in [-0.3, -0.25) is 13.9 Å².